The number of rotatable bonds is 8. The van der Waals surface area contributed by atoms with Crippen LogP contribution in [0.25, 0.3) is 22.3 Å². The zero-order chi connectivity index (χ0) is 29.6. The van der Waals surface area contributed by atoms with Crippen LogP contribution in [0, 0.1) is 17.5 Å². The summed E-state index contributed by atoms with van der Waals surface area (Å²) in [7, 11) is 0. The average molecular weight is 594 g/mol. The highest BCUT2D eigenvalue weighted by Gasteiger charge is 2.37. The smallest absolute Gasteiger partial charge is 0.303 e. The number of hydrogen-bond donors (Lipinski definition) is 3. The molecule has 1 aliphatic heterocycles. The standard InChI is InChI=1S/C31H26F3N3O4S/c1-31(15-40-14-20-16(6-9-24(38)39)4-3-5-21(20)31)23-13-36-30(37-23)19-12-17(7-8-22(19)32)41-28-26(34)25(33)27-18(10-11-35-27)29(28)42-2/h3-5,7-8,10-13,35H,6,9,14-15H2,1-2H3,(H,36,37)(H,38,39)/t31-/m0/s1. The monoisotopic (exact) mass is 593 g/mol. The van der Waals surface area contributed by atoms with Gasteiger partial charge in [-0.15, -0.1) is 11.8 Å². The van der Waals surface area contributed by atoms with Gasteiger partial charge in [-0.1, -0.05) is 18.2 Å². The normalized spacial score (nSPS) is 16.5. The molecule has 5 aromatic rings. The first-order chi connectivity index (χ1) is 20.2. The number of aliphatic carboxylic acids is 1. The van der Waals surface area contributed by atoms with E-state index in [1.165, 1.54) is 36.2 Å². The van der Waals surface area contributed by atoms with Crippen LogP contribution in [0.15, 0.2) is 59.8 Å². The van der Waals surface area contributed by atoms with E-state index in [2.05, 4.69) is 15.0 Å². The lowest BCUT2D eigenvalue weighted by atomic mass is 9.75. The summed E-state index contributed by atoms with van der Waals surface area (Å²) in [5.74, 6) is -3.62. The van der Waals surface area contributed by atoms with Crippen molar-refractivity contribution in [1.82, 2.24) is 15.0 Å². The Balaban J connectivity index is 1.35. The van der Waals surface area contributed by atoms with Gasteiger partial charge in [0.05, 0.1) is 34.6 Å². The first kappa shape index (κ1) is 27.9. The topological polar surface area (TPSA) is 100 Å². The highest BCUT2D eigenvalue weighted by Crippen LogP contribution is 2.43. The number of aryl methyl sites for hydroxylation is 1. The number of carboxylic acids is 1. The molecule has 11 heteroatoms. The molecule has 0 amide bonds. The Kier molecular flexibility index (Phi) is 7.24. The maximum Gasteiger partial charge on any atom is 0.303 e. The van der Waals surface area contributed by atoms with Gasteiger partial charge in [0.15, 0.2) is 11.6 Å². The predicted molar refractivity (Wildman–Crippen MR) is 153 cm³/mol. The van der Waals surface area contributed by atoms with Crippen LogP contribution in [0.3, 0.4) is 0 Å². The fourth-order valence-corrected chi connectivity index (χ4v) is 6.23. The number of fused-ring (bicyclic) bond motifs is 2. The van der Waals surface area contributed by atoms with Crippen molar-refractivity contribution in [3.05, 3.63) is 94.7 Å². The molecule has 6 rings (SSSR count). The van der Waals surface area contributed by atoms with Crippen LogP contribution < -0.4 is 4.74 Å². The summed E-state index contributed by atoms with van der Waals surface area (Å²) in [4.78, 5) is 21.9. The summed E-state index contributed by atoms with van der Waals surface area (Å²) >= 11 is 1.21. The van der Waals surface area contributed by atoms with E-state index >= 15 is 8.78 Å². The Labute approximate surface area is 243 Å². The van der Waals surface area contributed by atoms with Crippen molar-refractivity contribution in [2.75, 3.05) is 12.9 Å². The van der Waals surface area contributed by atoms with Crippen molar-refractivity contribution in [1.29, 1.82) is 0 Å². The molecule has 2 aromatic heterocycles. The van der Waals surface area contributed by atoms with Gasteiger partial charge in [-0.05, 0) is 60.6 Å². The third-order valence-electron chi connectivity index (χ3n) is 7.71. The summed E-state index contributed by atoms with van der Waals surface area (Å²) in [6.07, 6.45) is 5.26. The molecule has 216 valence electrons. The zero-order valence-electron chi connectivity index (χ0n) is 22.7. The molecular formula is C31H26F3N3O4S. The van der Waals surface area contributed by atoms with E-state index in [0.29, 0.717) is 35.6 Å². The number of carbonyl (C=O) groups is 1. The van der Waals surface area contributed by atoms with Gasteiger partial charge in [0.2, 0.25) is 5.82 Å². The summed E-state index contributed by atoms with van der Waals surface area (Å²) in [6, 6.07) is 11.3. The van der Waals surface area contributed by atoms with Crippen LogP contribution in [-0.2, 0) is 28.0 Å². The maximum absolute atomic E-state index is 15.1. The lowest BCUT2D eigenvalue weighted by molar-refractivity contribution is -0.136. The van der Waals surface area contributed by atoms with E-state index in [0.717, 1.165) is 16.7 Å². The number of carboxylic acid groups (broad SMARTS) is 1. The number of ether oxygens (including phenoxy) is 2. The van der Waals surface area contributed by atoms with Gasteiger partial charge in [-0.3, -0.25) is 4.79 Å². The van der Waals surface area contributed by atoms with Gasteiger partial charge in [-0.2, -0.15) is 4.39 Å². The van der Waals surface area contributed by atoms with Gasteiger partial charge >= 0.3 is 5.97 Å². The number of aromatic amines is 2. The average Bonchev–Trinajstić information content (AvgIpc) is 3.67. The second-order valence-corrected chi connectivity index (χ2v) is 11.1. The van der Waals surface area contributed by atoms with E-state index in [1.54, 1.807) is 18.5 Å². The van der Waals surface area contributed by atoms with Crippen molar-refractivity contribution in [2.45, 2.75) is 36.7 Å². The molecule has 3 N–H and O–H groups in total. The van der Waals surface area contributed by atoms with Gasteiger partial charge in [-0.25, -0.2) is 13.8 Å². The number of H-pyrrole nitrogens is 2. The molecule has 0 bridgehead atoms. The van der Waals surface area contributed by atoms with Crippen molar-refractivity contribution in [2.24, 2.45) is 0 Å². The molecule has 7 nitrogen and oxygen atoms in total. The quantitative estimate of drug-likeness (QED) is 0.163. The summed E-state index contributed by atoms with van der Waals surface area (Å²) in [5, 5.41) is 9.63. The van der Waals surface area contributed by atoms with E-state index in [1.807, 2.05) is 25.1 Å². The first-order valence-corrected chi connectivity index (χ1v) is 14.4. The van der Waals surface area contributed by atoms with Crippen molar-refractivity contribution >= 4 is 28.6 Å². The fraction of sp³-hybridized carbons (Fsp3) is 0.226. The van der Waals surface area contributed by atoms with Crippen molar-refractivity contribution < 1.29 is 32.5 Å². The van der Waals surface area contributed by atoms with E-state index in [-0.39, 0.29) is 34.8 Å². The Morgan fingerprint density at radius 2 is 2.02 bits per heavy atom. The van der Waals surface area contributed by atoms with Gasteiger partial charge < -0.3 is 24.5 Å². The van der Waals surface area contributed by atoms with E-state index < -0.39 is 28.8 Å². The maximum atomic E-state index is 15.1. The third-order valence-corrected chi connectivity index (χ3v) is 8.52. The van der Waals surface area contributed by atoms with Gasteiger partial charge in [0.1, 0.15) is 17.4 Å². The van der Waals surface area contributed by atoms with E-state index in [9.17, 15) is 9.18 Å². The number of thioether (sulfide) groups is 1. The number of nitrogens with zero attached hydrogens (tertiary/aromatic N) is 1. The van der Waals surface area contributed by atoms with Gasteiger partial charge in [0.25, 0.3) is 0 Å². The minimum atomic E-state index is -1.15. The Morgan fingerprint density at radius 1 is 1.19 bits per heavy atom. The number of hydrogen-bond acceptors (Lipinski definition) is 5. The molecule has 0 fully saturated rings. The van der Waals surface area contributed by atoms with Crippen LogP contribution >= 0.6 is 11.8 Å². The Bertz CT molecular complexity index is 1840. The predicted octanol–water partition coefficient (Wildman–Crippen LogP) is 7.34. The minimum Gasteiger partial charge on any atom is -0.481 e. The SMILES string of the molecule is CSc1c(Oc2ccc(F)c(-c3ncc([C@@]4(C)COCc5c(CCC(=O)O)cccc54)[nH]3)c2)c(F)c(F)c2[nH]ccc12. The number of halogens is 3. The van der Waals surface area contributed by atoms with Crippen LogP contribution in [0.5, 0.6) is 11.5 Å². The van der Waals surface area contributed by atoms with Crippen molar-refractivity contribution in [3.8, 4) is 22.9 Å². The van der Waals surface area contributed by atoms with Crippen LogP contribution in [0.4, 0.5) is 13.2 Å². The number of nitrogens with one attached hydrogen (secondary N) is 2. The molecule has 0 saturated carbocycles. The second kappa shape index (κ2) is 10.9. The second-order valence-electron chi connectivity index (χ2n) is 10.3. The molecule has 3 aromatic carbocycles. The number of benzene rings is 3. The molecule has 0 radical (unpaired) electrons. The first-order valence-electron chi connectivity index (χ1n) is 13.2. The Hall–Kier alpha value is -4.22. The highest BCUT2D eigenvalue weighted by molar-refractivity contribution is 7.99. The molecule has 1 atom stereocenters. The van der Waals surface area contributed by atoms with Gasteiger partial charge in [0, 0.05) is 29.9 Å². The van der Waals surface area contributed by atoms with E-state index in [4.69, 9.17) is 14.6 Å². The minimum absolute atomic E-state index is 0.00703. The summed E-state index contributed by atoms with van der Waals surface area (Å²) < 4.78 is 56.7. The fourth-order valence-electron chi connectivity index (χ4n) is 5.53. The molecule has 0 unspecified atom stereocenters. The molecular weight excluding hydrogens is 567 g/mol. The lowest BCUT2D eigenvalue weighted by Crippen LogP contribution is -2.35. The molecule has 42 heavy (non-hydrogen) atoms. The van der Waals surface area contributed by atoms with Crippen molar-refractivity contribution in [3.63, 3.8) is 0 Å². The lowest BCUT2D eigenvalue weighted by Gasteiger charge is -2.36. The number of imidazole rings is 1. The number of aromatic nitrogens is 3. The zero-order valence-corrected chi connectivity index (χ0v) is 23.5. The summed E-state index contributed by atoms with van der Waals surface area (Å²) in [5.41, 5.74) is 2.96. The molecule has 0 spiro atoms. The third kappa shape index (κ3) is 4.72. The highest BCUT2D eigenvalue weighted by atomic mass is 32.2. The molecule has 1 aliphatic rings. The van der Waals surface area contributed by atoms with Crippen LogP contribution in [0.1, 0.15) is 35.7 Å². The Morgan fingerprint density at radius 3 is 2.81 bits per heavy atom. The molecule has 3 heterocycles. The summed E-state index contributed by atoms with van der Waals surface area (Å²) in [6.45, 7) is 2.68. The van der Waals surface area contributed by atoms with Crippen LogP contribution in [-0.4, -0.2) is 38.9 Å². The largest absolute Gasteiger partial charge is 0.481 e. The molecule has 0 saturated heterocycles. The van der Waals surface area contributed by atoms with Crippen LogP contribution in [0.2, 0.25) is 0 Å². The molecule has 0 aliphatic carbocycles.